The first-order valence-electron chi connectivity index (χ1n) is 5.97. The van der Waals surface area contributed by atoms with Crippen LogP contribution in [0.4, 0.5) is 13.2 Å². The number of carbonyl (C=O) groups is 1. The maximum absolute atomic E-state index is 12.0. The molecule has 0 aliphatic heterocycles. The lowest BCUT2D eigenvalue weighted by atomic mass is 10.2. The number of aliphatic carboxylic acids is 1. The summed E-state index contributed by atoms with van der Waals surface area (Å²) in [6.07, 6.45) is -3.93. The molecule has 108 valence electrons. The Bertz CT molecular complexity index is 247. The van der Waals surface area contributed by atoms with E-state index >= 15 is 0 Å². The second-order valence-electron chi connectivity index (χ2n) is 4.30. The average Bonchev–Trinajstić information content (AvgIpc) is 2.25. The molecule has 0 aliphatic rings. The van der Waals surface area contributed by atoms with Gasteiger partial charge in [-0.25, -0.2) is 0 Å². The van der Waals surface area contributed by atoms with Crippen molar-refractivity contribution in [3.05, 3.63) is 0 Å². The molecular formula is C11H21F3N2O2. The molecule has 0 heterocycles. The molecule has 0 aromatic rings. The van der Waals surface area contributed by atoms with Crippen molar-refractivity contribution in [2.75, 3.05) is 26.7 Å². The van der Waals surface area contributed by atoms with Crippen LogP contribution in [0.2, 0.25) is 0 Å². The van der Waals surface area contributed by atoms with Crippen LogP contribution in [0.3, 0.4) is 0 Å². The molecule has 0 rings (SSSR count). The van der Waals surface area contributed by atoms with E-state index in [-0.39, 0.29) is 6.54 Å². The molecular weight excluding hydrogens is 249 g/mol. The van der Waals surface area contributed by atoms with E-state index in [1.54, 1.807) is 7.05 Å². The van der Waals surface area contributed by atoms with Gasteiger partial charge in [0.25, 0.3) is 0 Å². The fourth-order valence-electron chi connectivity index (χ4n) is 1.41. The largest absolute Gasteiger partial charge is 0.480 e. The smallest absolute Gasteiger partial charge is 0.390 e. The Morgan fingerprint density at radius 1 is 1.39 bits per heavy atom. The minimum atomic E-state index is -4.17. The molecule has 4 nitrogen and oxygen atoms in total. The number of nitrogens with zero attached hydrogens (tertiary/aromatic N) is 1. The lowest BCUT2D eigenvalue weighted by molar-refractivity contribution is -0.141. The van der Waals surface area contributed by atoms with Crippen LogP contribution in [0, 0.1) is 0 Å². The second-order valence-corrected chi connectivity index (χ2v) is 4.30. The van der Waals surface area contributed by atoms with E-state index in [2.05, 4.69) is 5.32 Å². The number of carboxylic acids is 1. The number of rotatable bonds is 9. The highest BCUT2D eigenvalue weighted by Crippen LogP contribution is 2.19. The van der Waals surface area contributed by atoms with Gasteiger partial charge in [0.1, 0.15) is 6.04 Å². The maximum Gasteiger partial charge on any atom is 0.390 e. The summed E-state index contributed by atoms with van der Waals surface area (Å²) >= 11 is 0. The van der Waals surface area contributed by atoms with E-state index in [9.17, 15) is 18.0 Å². The molecule has 0 aromatic heterocycles. The Hall–Kier alpha value is -0.820. The van der Waals surface area contributed by atoms with Crippen molar-refractivity contribution in [3.8, 4) is 0 Å². The molecule has 0 aliphatic carbocycles. The lowest BCUT2D eigenvalue weighted by Crippen LogP contribution is -2.40. The van der Waals surface area contributed by atoms with Crippen LogP contribution in [0.25, 0.3) is 0 Å². The Morgan fingerprint density at radius 2 is 2.00 bits per heavy atom. The van der Waals surface area contributed by atoms with Gasteiger partial charge < -0.3 is 15.3 Å². The number of alkyl halides is 3. The summed E-state index contributed by atoms with van der Waals surface area (Å²) in [5.74, 6) is -0.965. The molecule has 0 spiro atoms. The highest BCUT2D eigenvalue weighted by Gasteiger charge is 2.27. The normalized spacial score (nSPS) is 13.9. The average molecular weight is 270 g/mol. The predicted molar refractivity (Wildman–Crippen MR) is 62.5 cm³/mol. The Kier molecular flexibility index (Phi) is 7.93. The fourth-order valence-corrected chi connectivity index (χ4v) is 1.41. The third-order valence-electron chi connectivity index (χ3n) is 2.52. The van der Waals surface area contributed by atoms with Crippen molar-refractivity contribution < 1.29 is 23.1 Å². The lowest BCUT2D eigenvalue weighted by Gasteiger charge is -2.20. The van der Waals surface area contributed by atoms with Crippen molar-refractivity contribution in [1.29, 1.82) is 0 Å². The number of hydrogen-bond acceptors (Lipinski definition) is 3. The SMILES string of the molecule is CCCNC(CCN(C)CCC(F)(F)F)C(=O)O. The van der Waals surface area contributed by atoms with Crippen molar-refractivity contribution in [1.82, 2.24) is 10.2 Å². The zero-order valence-electron chi connectivity index (χ0n) is 10.8. The summed E-state index contributed by atoms with van der Waals surface area (Å²) in [5, 5.41) is 11.8. The van der Waals surface area contributed by atoms with Crippen LogP contribution in [-0.4, -0.2) is 54.9 Å². The van der Waals surface area contributed by atoms with Gasteiger partial charge in [0.05, 0.1) is 6.42 Å². The molecule has 0 amide bonds. The number of nitrogens with one attached hydrogen (secondary N) is 1. The Balaban J connectivity index is 3.92. The molecule has 18 heavy (non-hydrogen) atoms. The molecule has 0 aromatic carbocycles. The Labute approximate surface area is 105 Å². The van der Waals surface area contributed by atoms with E-state index in [0.29, 0.717) is 19.5 Å². The van der Waals surface area contributed by atoms with Crippen LogP contribution in [-0.2, 0) is 4.79 Å². The summed E-state index contributed by atoms with van der Waals surface area (Å²) in [5.41, 5.74) is 0. The van der Waals surface area contributed by atoms with E-state index < -0.39 is 24.6 Å². The van der Waals surface area contributed by atoms with Gasteiger partial charge in [0.2, 0.25) is 0 Å². The minimum Gasteiger partial charge on any atom is -0.480 e. The van der Waals surface area contributed by atoms with Crippen molar-refractivity contribution in [2.45, 2.75) is 38.4 Å². The number of halogens is 3. The van der Waals surface area contributed by atoms with E-state index in [1.807, 2.05) is 6.92 Å². The maximum atomic E-state index is 12.0. The van der Waals surface area contributed by atoms with Gasteiger partial charge in [-0.05, 0) is 33.0 Å². The molecule has 1 atom stereocenters. The molecule has 0 saturated heterocycles. The first-order chi connectivity index (χ1) is 8.26. The molecule has 7 heteroatoms. The zero-order chi connectivity index (χ0) is 14.2. The Morgan fingerprint density at radius 3 is 2.44 bits per heavy atom. The van der Waals surface area contributed by atoms with Gasteiger partial charge in [-0.3, -0.25) is 4.79 Å². The number of carboxylic acid groups (broad SMARTS) is 1. The van der Waals surface area contributed by atoms with Crippen LogP contribution in [0.15, 0.2) is 0 Å². The molecule has 2 N–H and O–H groups in total. The summed E-state index contributed by atoms with van der Waals surface area (Å²) in [6.45, 7) is 2.72. The molecule has 0 fully saturated rings. The second kappa shape index (κ2) is 8.31. The van der Waals surface area contributed by atoms with Gasteiger partial charge in [-0.1, -0.05) is 6.92 Å². The topological polar surface area (TPSA) is 52.6 Å². The van der Waals surface area contributed by atoms with Gasteiger partial charge in [-0.2, -0.15) is 13.2 Å². The molecule has 0 bridgehead atoms. The van der Waals surface area contributed by atoms with E-state index in [4.69, 9.17) is 5.11 Å². The molecule has 0 saturated carbocycles. The third kappa shape index (κ3) is 9.23. The third-order valence-corrected chi connectivity index (χ3v) is 2.52. The molecule has 1 unspecified atom stereocenters. The van der Waals surface area contributed by atoms with E-state index in [1.165, 1.54) is 4.90 Å². The first-order valence-corrected chi connectivity index (χ1v) is 5.97. The van der Waals surface area contributed by atoms with Crippen molar-refractivity contribution >= 4 is 5.97 Å². The molecule has 0 radical (unpaired) electrons. The zero-order valence-corrected chi connectivity index (χ0v) is 10.8. The van der Waals surface area contributed by atoms with Crippen LogP contribution >= 0.6 is 0 Å². The fraction of sp³-hybridized carbons (Fsp3) is 0.909. The summed E-state index contributed by atoms with van der Waals surface area (Å²) in [6, 6.07) is -0.696. The van der Waals surface area contributed by atoms with Crippen molar-refractivity contribution in [3.63, 3.8) is 0 Å². The van der Waals surface area contributed by atoms with Crippen LogP contribution in [0.5, 0.6) is 0 Å². The summed E-state index contributed by atoms with van der Waals surface area (Å²) in [4.78, 5) is 12.4. The standard InChI is InChI=1S/C11H21F3N2O2/c1-3-6-15-9(10(17)18)4-7-16(2)8-5-11(12,13)14/h9,15H,3-8H2,1-2H3,(H,17,18). The van der Waals surface area contributed by atoms with Gasteiger partial charge >= 0.3 is 12.1 Å². The number of hydrogen-bond donors (Lipinski definition) is 2. The van der Waals surface area contributed by atoms with E-state index in [0.717, 1.165) is 6.42 Å². The quantitative estimate of drug-likeness (QED) is 0.670. The highest BCUT2D eigenvalue weighted by atomic mass is 19.4. The van der Waals surface area contributed by atoms with Crippen LogP contribution < -0.4 is 5.32 Å². The minimum absolute atomic E-state index is 0.108. The predicted octanol–water partition coefficient (Wildman–Crippen LogP) is 1.71. The van der Waals surface area contributed by atoms with Crippen molar-refractivity contribution in [2.24, 2.45) is 0 Å². The van der Waals surface area contributed by atoms with Gasteiger partial charge in [-0.15, -0.1) is 0 Å². The van der Waals surface area contributed by atoms with Crippen LogP contribution in [0.1, 0.15) is 26.2 Å². The monoisotopic (exact) mass is 270 g/mol. The highest BCUT2D eigenvalue weighted by molar-refractivity contribution is 5.73. The van der Waals surface area contributed by atoms with Gasteiger partial charge in [0.15, 0.2) is 0 Å². The van der Waals surface area contributed by atoms with Gasteiger partial charge in [0, 0.05) is 6.54 Å². The summed E-state index contributed by atoms with van der Waals surface area (Å²) in [7, 11) is 1.56. The summed E-state index contributed by atoms with van der Waals surface area (Å²) < 4.78 is 35.9. The first kappa shape index (κ1) is 17.2.